The van der Waals surface area contributed by atoms with E-state index in [1.807, 2.05) is 11.8 Å². The molecule has 0 bridgehead atoms. The highest BCUT2D eigenvalue weighted by molar-refractivity contribution is 7.99. The van der Waals surface area contributed by atoms with E-state index in [1.165, 1.54) is 25.0 Å². The van der Waals surface area contributed by atoms with Gasteiger partial charge in [-0.3, -0.25) is 0 Å². The van der Waals surface area contributed by atoms with Crippen molar-refractivity contribution < 1.29 is 5.11 Å². The minimum absolute atomic E-state index is 0.0430. The van der Waals surface area contributed by atoms with Crippen LogP contribution in [0, 0.1) is 0 Å². The SMILES string of the molecule is CC(C)SCCCC(C)(CO)NC1CC1. The molecule has 0 heterocycles. The minimum Gasteiger partial charge on any atom is -0.394 e. The molecule has 1 rings (SSSR count). The second-order valence-electron chi connectivity index (χ2n) is 5.16. The molecule has 0 aromatic heterocycles. The molecule has 0 saturated heterocycles. The van der Waals surface area contributed by atoms with Gasteiger partial charge in [0.25, 0.3) is 0 Å². The number of thioether (sulfide) groups is 1. The standard InChI is InChI=1S/C12H25NOS/c1-10(2)15-8-4-7-12(3,9-14)13-11-5-6-11/h10-11,13-14H,4-9H2,1-3H3. The zero-order valence-corrected chi connectivity index (χ0v) is 11.1. The van der Waals surface area contributed by atoms with Crippen molar-refractivity contribution in [2.75, 3.05) is 12.4 Å². The summed E-state index contributed by atoms with van der Waals surface area (Å²) in [6.45, 7) is 6.87. The molecule has 2 N–H and O–H groups in total. The fourth-order valence-corrected chi connectivity index (χ4v) is 2.48. The highest BCUT2D eigenvalue weighted by Crippen LogP contribution is 2.25. The summed E-state index contributed by atoms with van der Waals surface area (Å²) in [5, 5.41) is 13.7. The molecule has 0 spiro atoms. The van der Waals surface area contributed by atoms with Crippen LogP contribution < -0.4 is 5.32 Å². The zero-order chi connectivity index (χ0) is 11.3. The third-order valence-corrected chi connectivity index (χ3v) is 3.99. The molecule has 0 aromatic carbocycles. The molecular weight excluding hydrogens is 206 g/mol. The summed E-state index contributed by atoms with van der Waals surface area (Å²) in [5.41, 5.74) is -0.0430. The first-order chi connectivity index (χ1) is 7.06. The monoisotopic (exact) mass is 231 g/mol. The van der Waals surface area contributed by atoms with Gasteiger partial charge in [0.1, 0.15) is 0 Å². The Kier molecular flexibility index (Phi) is 5.44. The van der Waals surface area contributed by atoms with Crippen LogP contribution in [0.3, 0.4) is 0 Å². The Labute approximate surface area is 98.2 Å². The Hall–Kier alpha value is 0.270. The molecule has 0 aliphatic heterocycles. The third kappa shape index (κ3) is 5.79. The maximum absolute atomic E-state index is 9.40. The van der Waals surface area contributed by atoms with Crippen LogP contribution in [0.2, 0.25) is 0 Å². The number of hydrogen-bond donors (Lipinski definition) is 2. The predicted octanol–water partition coefficient (Wildman–Crippen LogP) is 2.41. The van der Waals surface area contributed by atoms with Crippen LogP contribution in [0.4, 0.5) is 0 Å². The maximum Gasteiger partial charge on any atom is 0.0610 e. The van der Waals surface area contributed by atoms with E-state index in [0.717, 1.165) is 11.7 Å². The van der Waals surface area contributed by atoms with Crippen molar-refractivity contribution in [1.82, 2.24) is 5.32 Å². The van der Waals surface area contributed by atoms with Crippen molar-refractivity contribution in [3.05, 3.63) is 0 Å². The third-order valence-electron chi connectivity index (χ3n) is 2.80. The highest BCUT2D eigenvalue weighted by Gasteiger charge is 2.31. The summed E-state index contributed by atoms with van der Waals surface area (Å²) in [4.78, 5) is 0. The zero-order valence-electron chi connectivity index (χ0n) is 10.3. The Morgan fingerprint density at radius 1 is 1.47 bits per heavy atom. The van der Waals surface area contributed by atoms with Crippen LogP contribution in [0.5, 0.6) is 0 Å². The molecular formula is C12H25NOS. The average molecular weight is 231 g/mol. The fourth-order valence-electron chi connectivity index (χ4n) is 1.70. The van der Waals surface area contributed by atoms with Gasteiger partial charge in [0.05, 0.1) is 6.61 Å². The average Bonchev–Trinajstić information content (AvgIpc) is 2.96. The smallest absolute Gasteiger partial charge is 0.0610 e. The largest absolute Gasteiger partial charge is 0.394 e. The van der Waals surface area contributed by atoms with Gasteiger partial charge in [0.2, 0.25) is 0 Å². The van der Waals surface area contributed by atoms with E-state index in [-0.39, 0.29) is 12.1 Å². The Morgan fingerprint density at radius 2 is 2.13 bits per heavy atom. The summed E-state index contributed by atoms with van der Waals surface area (Å²) >= 11 is 2.01. The van der Waals surface area contributed by atoms with E-state index in [0.29, 0.717) is 6.04 Å². The van der Waals surface area contributed by atoms with E-state index in [4.69, 9.17) is 0 Å². The Morgan fingerprint density at radius 3 is 2.60 bits per heavy atom. The van der Waals surface area contributed by atoms with Gasteiger partial charge in [-0.05, 0) is 43.6 Å². The molecule has 90 valence electrons. The number of rotatable bonds is 8. The molecule has 1 aliphatic carbocycles. The second-order valence-corrected chi connectivity index (χ2v) is 6.84. The molecule has 1 saturated carbocycles. The summed E-state index contributed by atoms with van der Waals surface area (Å²) < 4.78 is 0. The first-order valence-corrected chi connectivity index (χ1v) is 7.11. The Bertz CT molecular complexity index is 182. The molecule has 0 radical (unpaired) electrons. The van der Waals surface area contributed by atoms with Gasteiger partial charge in [-0.2, -0.15) is 11.8 Å². The molecule has 15 heavy (non-hydrogen) atoms. The van der Waals surface area contributed by atoms with Crippen LogP contribution in [0.15, 0.2) is 0 Å². The fraction of sp³-hybridized carbons (Fsp3) is 1.00. The van der Waals surface area contributed by atoms with Crippen molar-refractivity contribution in [3.8, 4) is 0 Å². The van der Waals surface area contributed by atoms with Crippen molar-refractivity contribution in [3.63, 3.8) is 0 Å². The normalized spacial score (nSPS) is 20.6. The van der Waals surface area contributed by atoms with E-state index in [9.17, 15) is 5.11 Å². The molecule has 0 amide bonds. The second kappa shape index (κ2) is 6.12. The molecule has 1 aliphatic rings. The first kappa shape index (κ1) is 13.3. The van der Waals surface area contributed by atoms with Crippen LogP contribution in [-0.4, -0.2) is 34.3 Å². The van der Waals surface area contributed by atoms with Gasteiger partial charge in [-0.15, -0.1) is 0 Å². The molecule has 3 heteroatoms. The summed E-state index contributed by atoms with van der Waals surface area (Å²) in [6.07, 6.45) is 4.85. The van der Waals surface area contributed by atoms with E-state index in [2.05, 4.69) is 26.1 Å². The van der Waals surface area contributed by atoms with Crippen LogP contribution in [0.25, 0.3) is 0 Å². The van der Waals surface area contributed by atoms with Gasteiger partial charge in [-0.25, -0.2) is 0 Å². The van der Waals surface area contributed by atoms with Gasteiger partial charge >= 0.3 is 0 Å². The number of aliphatic hydroxyl groups is 1. The number of aliphatic hydroxyl groups excluding tert-OH is 1. The number of nitrogens with one attached hydrogen (secondary N) is 1. The lowest BCUT2D eigenvalue weighted by atomic mass is 9.97. The quantitative estimate of drug-likeness (QED) is 0.629. The summed E-state index contributed by atoms with van der Waals surface area (Å²) in [7, 11) is 0. The molecule has 1 fully saturated rings. The summed E-state index contributed by atoms with van der Waals surface area (Å²) in [6, 6.07) is 0.680. The van der Waals surface area contributed by atoms with Gasteiger partial charge < -0.3 is 10.4 Å². The van der Waals surface area contributed by atoms with Crippen molar-refractivity contribution in [2.45, 2.75) is 63.3 Å². The van der Waals surface area contributed by atoms with Gasteiger partial charge in [-0.1, -0.05) is 13.8 Å². The van der Waals surface area contributed by atoms with Gasteiger partial charge in [0, 0.05) is 11.6 Å². The van der Waals surface area contributed by atoms with Crippen molar-refractivity contribution in [2.24, 2.45) is 0 Å². The topological polar surface area (TPSA) is 32.3 Å². The van der Waals surface area contributed by atoms with E-state index in [1.54, 1.807) is 0 Å². The molecule has 1 atom stereocenters. The predicted molar refractivity (Wildman–Crippen MR) is 68.5 cm³/mol. The molecule has 2 nitrogen and oxygen atoms in total. The van der Waals surface area contributed by atoms with E-state index < -0.39 is 0 Å². The van der Waals surface area contributed by atoms with Crippen LogP contribution in [0.1, 0.15) is 46.5 Å². The minimum atomic E-state index is -0.0430. The lowest BCUT2D eigenvalue weighted by Crippen LogP contribution is -2.47. The lowest BCUT2D eigenvalue weighted by Gasteiger charge is -2.29. The van der Waals surface area contributed by atoms with Crippen LogP contribution in [-0.2, 0) is 0 Å². The molecule has 0 aromatic rings. The lowest BCUT2D eigenvalue weighted by molar-refractivity contribution is 0.163. The number of hydrogen-bond acceptors (Lipinski definition) is 3. The summed E-state index contributed by atoms with van der Waals surface area (Å²) in [5.74, 6) is 1.21. The van der Waals surface area contributed by atoms with Crippen molar-refractivity contribution >= 4 is 11.8 Å². The Balaban J connectivity index is 2.13. The molecule has 1 unspecified atom stereocenters. The highest BCUT2D eigenvalue weighted by atomic mass is 32.2. The van der Waals surface area contributed by atoms with Crippen LogP contribution >= 0.6 is 11.8 Å². The first-order valence-electron chi connectivity index (χ1n) is 6.06. The van der Waals surface area contributed by atoms with Gasteiger partial charge in [0.15, 0.2) is 0 Å². The van der Waals surface area contributed by atoms with E-state index >= 15 is 0 Å². The maximum atomic E-state index is 9.40. The van der Waals surface area contributed by atoms with Crippen molar-refractivity contribution in [1.29, 1.82) is 0 Å².